The van der Waals surface area contributed by atoms with E-state index in [0.717, 1.165) is 44.0 Å². The average molecular weight is 299 g/mol. The maximum absolute atomic E-state index is 6.38. The van der Waals surface area contributed by atoms with Gasteiger partial charge in [-0.2, -0.15) is 0 Å². The molecule has 5 heteroatoms. The molecule has 2 rings (SSSR count). The number of methoxy groups -OCH3 is 1. The van der Waals surface area contributed by atoms with Crippen molar-refractivity contribution in [3.63, 3.8) is 0 Å². The third-order valence-corrected chi connectivity index (χ3v) is 3.90. The van der Waals surface area contributed by atoms with E-state index in [0.29, 0.717) is 5.02 Å². The van der Waals surface area contributed by atoms with Gasteiger partial charge in [0.05, 0.1) is 25.9 Å². The minimum Gasteiger partial charge on any atom is -0.496 e. The quantitative estimate of drug-likeness (QED) is 0.907. The molecular formula is C15H23ClN2O2. The maximum atomic E-state index is 6.38. The van der Waals surface area contributed by atoms with Crippen LogP contribution in [-0.4, -0.2) is 44.4 Å². The molecular weight excluding hydrogens is 276 g/mol. The summed E-state index contributed by atoms with van der Waals surface area (Å²) in [5, 5.41) is 0.664. The smallest absolute Gasteiger partial charge is 0.123 e. The molecule has 0 spiro atoms. The molecule has 0 radical (unpaired) electrons. The Morgan fingerprint density at radius 1 is 1.55 bits per heavy atom. The van der Waals surface area contributed by atoms with Gasteiger partial charge in [-0.25, -0.2) is 0 Å². The molecule has 1 aliphatic rings. The van der Waals surface area contributed by atoms with E-state index < -0.39 is 0 Å². The summed E-state index contributed by atoms with van der Waals surface area (Å²) in [6.07, 6.45) is 1.12. The first-order valence-corrected chi connectivity index (χ1v) is 7.46. The van der Waals surface area contributed by atoms with Crippen molar-refractivity contribution in [1.29, 1.82) is 0 Å². The van der Waals surface area contributed by atoms with Gasteiger partial charge >= 0.3 is 0 Å². The highest BCUT2D eigenvalue weighted by Crippen LogP contribution is 2.30. The highest BCUT2D eigenvalue weighted by molar-refractivity contribution is 6.30. The van der Waals surface area contributed by atoms with Crippen LogP contribution in [0, 0.1) is 0 Å². The van der Waals surface area contributed by atoms with Crippen molar-refractivity contribution in [2.75, 3.05) is 33.4 Å². The average Bonchev–Trinajstić information content (AvgIpc) is 2.47. The van der Waals surface area contributed by atoms with Crippen molar-refractivity contribution in [2.45, 2.75) is 25.5 Å². The molecule has 1 aromatic carbocycles. The zero-order valence-electron chi connectivity index (χ0n) is 12.1. The van der Waals surface area contributed by atoms with Crippen molar-refractivity contribution in [1.82, 2.24) is 4.90 Å². The molecule has 0 aliphatic carbocycles. The van der Waals surface area contributed by atoms with E-state index in [1.165, 1.54) is 0 Å². The van der Waals surface area contributed by atoms with E-state index in [9.17, 15) is 0 Å². The summed E-state index contributed by atoms with van der Waals surface area (Å²) >= 11 is 6.07. The van der Waals surface area contributed by atoms with Gasteiger partial charge in [-0.1, -0.05) is 18.5 Å². The van der Waals surface area contributed by atoms with Crippen molar-refractivity contribution in [3.8, 4) is 5.75 Å². The monoisotopic (exact) mass is 298 g/mol. The van der Waals surface area contributed by atoms with Crippen LogP contribution in [0.2, 0.25) is 5.02 Å². The van der Waals surface area contributed by atoms with Gasteiger partial charge in [0.25, 0.3) is 0 Å². The number of hydrogen-bond acceptors (Lipinski definition) is 4. The summed E-state index contributed by atoms with van der Waals surface area (Å²) < 4.78 is 11.2. The molecule has 0 saturated carbocycles. The summed E-state index contributed by atoms with van der Waals surface area (Å²) in [5.74, 6) is 0.762. The summed E-state index contributed by atoms with van der Waals surface area (Å²) in [6, 6.07) is 5.29. The molecule has 4 nitrogen and oxygen atoms in total. The minimum absolute atomic E-state index is 0.0253. The van der Waals surface area contributed by atoms with Crippen molar-refractivity contribution >= 4 is 11.6 Å². The first-order valence-electron chi connectivity index (χ1n) is 7.08. The normalized spacial score (nSPS) is 21.7. The Balaban J connectivity index is 2.13. The molecule has 0 amide bonds. The Kier molecular flexibility index (Phi) is 5.66. The molecule has 1 fully saturated rings. The summed E-state index contributed by atoms with van der Waals surface area (Å²) in [4.78, 5) is 2.39. The predicted molar refractivity (Wildman–Crippen MR) is 81.4 cm³/mol. The van der Waals surface area contributed by atoms with Gasteiger partial charge in [-0.3, -0.25) is 4.90 Å². The van der Waals surface area contributed by atoms with Gasteiger partial charge in [-0.05, 0) is 31.2 Å². The fourth-order valence-corrected chi connectivity index (χ4v) is 2.81. The van der Waals surface area contributed by atoms with Crippen LogP contribution in [0.3, 0.4) is 0 Å². The Bertz CT molecular complexity index is 440. The molecule has 1 saturated heterocycles. The van der Waals surface area contributed by atoms with Crippen LogP contribution < -0.4 is 10.5 Å². The van der Waals surface area contributed by atoms with E-state index in [4.69, 9.17) is 26.8 Å². The molecule has 2 atom stereocenters. The van der Waals surface area contributed by atoms with Crippen LogP contribution in [0.5, 0.6) is 5.75 Å². The van der Waals surface area contributed by atoms with Gasteiger partial charge in [0.2, 0.25) is 0 Å². The largest absolute Gasteiger partial charge is 0.496 e. The maximum Gasteiger partial charge on any atom is 0.123 e. The number of nitrogens with zero attached hydrogens (tertiary/aromatic N) is 1. The first kappa shape index (κ1) is 15.6. The second kappa shape index (κ2) is 7.27. The molecule has 0 aromatic heterocycles. The van der Waals surface area contributed by atoms with Crippen molar-refractivity contribution in [2.24, 2.45) is 5.73 Å². The lowest BCUT2D eigenvalue weighted by atomic mass is 10.00. The Morgan fingerprint density at radius 3 is 3.05 bits per heavy atom. The molecule has 20 heavy (non-hydrogen) atoms. The zero-order valence-corrected chi connectivity index (χ0v) is 12.9. The predicted octanol–water partition coefficient (Wildman–Crippen LogP) is 2.46. The number of ether oxygens (including phenoxy) is 2. The lowest BCUT2D eigenvalue weighted by Crippen LogP contribution is -2.47. The van der Waals surface area contributed by atoms with Crippen LogP contribution >= 0.6 is 11.6 Å². The Morgan fingerprint density at radius 2 is 2.35 bits per heavy atom. The van der Waals surface area contributed by atoms with E-state index in [-0.39, 0.29) is 12.1 Å². The van der Waals surface area contributed by atoms with E-state index in [1.54, 1.807) is 7.11 Å². The zero-order chi connectivity index (χ0) is 14.5. The minimum atomic E-state index is -0.233. The fraction of sp³-hybridized carbons (Fsp3) is 0.600. The third kappa shape index (κ3) is 3.64. The topological polar surface area (TPSA) is 47.7 Å². The number of nitrogens with two attached hydrogens (primary N) is 1. The number of rotatable bonds is 5. The molecule has 2 unspecified atom stereocenters. The number of benzene rings is 1. The van der Waals surface area contributed by atoms with Crippen molar-refractivity contribution < 1.29 is 9.47 Å². The van der Waals surface area contributed by atoms with Crippen molar-refractivity contribution in [3.05, 3.63) is 28.8 Å². The SMILES string of the molecule is CCCN1CCOC(C(N)c2cc(Cl)ccc2OC)C1. The Labute approximate surface area is 125 Å². The number of morpholine rings is 1. The summed E-state index contributed by atoms with van der Waals surface area (Å²) in [5.41, 5.74) is 7.29. The molecule has 1 aromatic rings. The fourth-order valence-electron chi connectivity index (χ4n) is 2.63. The number of hydrogen-bond donors (Lipinski definition) is 1. The third-order valence-electron chi connectivity index (χ3n) is 3.67. The molecule has 1 heterocycles. The van der Waals surface area contributed by atoms with Gasteiger partial charge in [0.1, 0.15) is 5.75 Å². The summed E-state index contributed by atoms with van der Waals surface area (Å²) in [7, 11) is 1.64. The Hall–Kier alpha value is -0.810. The lowest BCUT2D eigenvalue weighted by Gasteiger charge is -2.36. The highest BCUT2D eigenvalue weighted by Gasteiger charge is 2.28. The van der Waals surface area contributed by atoms with Gasteiger partial charge < -0.3 is 15.2 Å². The molecule has 1 aliphatic heterocycles. The van der Waals surface area contributed by atoms with Crippen LogP contribution in [-0.2, 0) is 4.74 Å². The standard InChI is InChI=1S/C15H23ClN2O2/c1-3-6-18-7-8-20-14(10-18)15(17)12-9-11(16)4-5-13(12)19-2/h4-5,9,14-15H,3,6-8,10,17H2,1-2H3. The first-order chi connectivity index (χ1) is 9.65. The second-order valence-electron chi connectivity index (χ2n) is 5.12. The molecule has 112 valence electrons. The summed E-state index contributed by atoms with van der Waals surface area (Å²) in [6.45, 7) is 5.82. The van der Waals surface area contributed by atoms with Crippen LogP contribution in [0.15, 0.2) is 18.2 Å². The highest BCUT2D eigenvalue weighted by atomic mass is 35.5. The van der Waals surface area contributed by atoms with E-state index in [2.05, 4.69) is 11.8 Å². The van der Waals surface area contributed by atoms with Crippen LogP contribution in [0.25, 0.3) is 0 Å². The van der Waals surface area contributed by atoms with Gasteiger partial charge in [0.15, 0.2) is 0 Å². The second-order valence-corrected chi connectivity index (χ2v) is 5.56. The van der Waals surface area contributed by atoms with Crippen LogP contribution in [0.1, 0.15) is 24.9 Å². The van der Waals surface area contributed by atoms with E-state index >= 15 is 0 Å². The number of halogens is 1. The van der Waals surface area contributed by atoms with Gasteiger partial charge in [-0.15, -0.1) is 0 Å². The molecule has 0 bridgehead atoms. The van der Waals surface area contributed by atoms with Crippen LogP contribution in [0.4, 0.5) is 0 Å². The molecule has 2 N–H and O–H groups in total. The van der Waals surface area contributed by atoms with E-state index in [1.807, 2.05) is 18.2 Å². The van der Waals surface area contributed by atoms with Gasteiger partial charge in [0, 0.05) is 23.7 Å². The lowest BCUT2D eigenvalue weighted by molar-refractivity contribution is -0.0410.